The fraction of sp³-hybridized carbons (Fsp3) is 0.647. The molecule has 6 heteroatoms. The molecule has 0 unspecified atom stereocenters. The Morgan fingerprint density at radius 1 is 1.39 bits per heavy atom. The van der Waals surface area contributed by atoms with E-state index in [0.29, 0.717) is 17.8 Å². The highest BCUT2D eigenvalue weighted by Gasteiger charge is 2.13. The maximum atomic E-state index is 5.31. The van der Waals surface area contributed by atoms with Crippen LogP contribution in [0.15, 0.2) is 11.2 Å². The van der Waals surface area contributed by atoms with Crippen LogP contribution in [-0.4, -0.2) is 35.7 Å². The second-order valence-corrected chi connectivity index (χ2v) is 6.56. The SMILES string of the molecule is COCCn1c(C)cc(C=NNC(=S)NC2CCCCC2)c1C. The second kappa shape index (κ2) is 9.03. The van der Waals surface area contributed by atoms with E-state index in [2.05, 4.69) is 40.3 Å². The number of hydrogen-bond donors (Lipinski definition) is 2. The average Bonchev–Trinajstić information content (AvgIpc) is 2.80. The number of ether oxygens (including phenoxy) is 1. The van der Waals surface area contributed by atoms with E-state index in [1.807, 2.05) is 6.21 Å². The van der Waals surface area contributed by atoms with Crippen molar-refractivity contribution in [2.45, 2.75) is 58.5 Å². The van der Waals surface area contributed by atoms with Crippen molar-refractivity contribution in [2.75, 3.05) is 13.7 Å². The lowest BCUT2D eigenvalue weighted by molar-refractivity contribution is 0.186. The van der Waals surface area contributed by atoms with Crippen LogP contribution in [0.4, 0.5) is 0 Å². The monoisotopic (exact) mass is 336 g/mol. The maximum absolute atomic E-state index is 5.31. The van der Waals surface area contributed by atoms with Crippen LogP contribution in [0.3, 0.4) is 0 Å². The number of aromatic nitrogens is 1. The molecular weight excluding hydrogens is 308 g/mol. The number of thiocarbonyl (C=S) groups is 1. The van der Waals surface area contributed by atoms with Crippen LogP contribution >= 0.6 is 12.2 Å². The molecular formula is C17H28N4OS. The molecule has 5 nitrogen and oxygen atoms in total. The fourth-order valence-electron chi connectivity index (χ4n) is 3.11. The Kier molecular flexibility index (Phi) is 7.05. The van der Waals surface area contributed by atoms with E-state index < -0.39 is 0 Å². The van der Waals surface area contributed by atoms with Crippen LogP contribution < -0.4 is 10.7 Å². The highest BCUT2D eigenvalue weighted by molar-refractivity contribution is 7.80. The third kappa shape index (κ3) is 5.32. The van der Waals surface area contributed by atoms with E-state index in [0.717, 1.165) is 12.1 Å². The summed E-state index contributed by atoms with van der Waals surface area (Å²) < 4.78 is 7.40. The molecule has 1 fully saturated rings. The lowest BCUT2D eigenvalue weighted by Gasteiger charge is -2.23. The van der Waals surface area contributed by atoms with Gasteiger partial charge < -0.3 is 14.6 Å². The first-order valence-electron chi connectivity index (χ1n) is 8.37. The maximum Gasteiger partial charge on any atom is 0.187 e. The van der Waals surface area contributed by atoms with E-state index in [1.54, 1.807) is 7.11 Å². The molecule has 23 heavy (non-hydrogen) atoms. The van der Waals surface area contributed by atoms with E-state index in [4.69, 9.17) is 17.0 Å². The summed E-state index contributed by atoms with van der Waals surface area (Å²) in [4.78, 5) is 0. The number of methoxy groups -OCH3 is 1. The number of hydrazone groups is 1. The summed E-state index contributed by atoms with van der Waals surface area (Å²) in [6, 6.07) is 2.63. The summed E-state index contributed by atoms with van der Waals surface area (Å²) in [6.07, 6.45) is 8.15. The molecule has 0 aliphatic heterocycles. The lowest BCUT2D eigenvalue weighted by Crippen LogP contribution is -2.40. The summed E-state index contributed by atoms with van der Waals surface area (Å²) in [5, 5.41) is 8.24. The fourth-order valence-corrected chi connectivity index (χ4v) is 3.33. The minimum Gasteiger partial charge on any atom is -0.383 e. The molecule has 0 saturated heterocycles. The van der Waals surface area contributed by atoms with Crippen LogP contribution in [0.5, 0.6) is 0 Å². The van der Waals surface area contributed by atoms with Crippen molar-refractivity contribution < 1.29 is 4.74 Å². The highest BCUT2D eigenvalue weighted by atomic mass is 32.1. The van der Waals surface area contributed by atoms with Gasteiger partial charge in [0.2, 0.25) is 0 Å². The molecule has 1 aromatic rings. The summed E-state index contributed by atoms with van der Waals surface area (Å²) >= 11 is 5.31. The molecule has 128 valence electrons. The van der Waals surface area contributed by atoms with Crippen LogP contribution in [0.25, 0.3) is 0 Å². The van der Waals surface area contributed by atoms with Gasteiger partial charge in [0.25, 0.3) is 0 Å². The van der Waals surface area contributed by atoms with E-state index >= 15 is 0 Å². The first-order chi connectivity index (χ1) is 11.1. The van der Waals surface area contributed by atoms with E-state index in [1.165, 1.54) is 43.5 Å². The predicted octanol–water partition coefficient (Wildman–Crippen LogP) is 2.88. The molecule has 1 aromatic heterocycles. The normalized spacial score (nSPS) is 16.0. The number of nitrogens with one attached hydrogen (secondary N) is 2. The van der Waals surface area contributed by atoms with Gasteiger partial charge in [-0.05, 0) is 45.0 Å². The third-order valence-corrected chi connectivity index (χ3v) is 4.65. The molecule has 2 rings (SSSR count). The van der Waals surface area contributed by atoms with Gasteiger partial charge in [-0.25, -0.2) is 0 Å². The molecule has 0 atom stereocenters. The van der Waals surface area contributed by atoms with Crippen molar-refractivity contribution in [3.63, 3.8) is 0 Å². The number of nitrogens with zero attached hydrogens (tertiary/aromatic N) is 2. The van der Waals surface area contributed by atoms with Gasteiger partial charge in [-0.1, -0.05) is 19.3 Å². The molecule has 0 amide bonds. The van der Waals surface area contributed by atoms with Gasteiger partial charge >= 0.3 is 0 Å². The number of hydrogen-bond acceptors (Lipinski definition) is 3. The Labute approximate surface area is 144 Å². The number of rotatable bonds is 6. The molecule has 1 heterocycles. The van der Waals surface area contributed by atoms with Crippen LogP contribution in [0.2, 0.25) is 0 Å². The Hall–Kier alpha value is -1.40. The van der Waals surface area contributed by atoms with Gasteiger partial charge in [0, 0.05) is 36.6 Å². The Balaban J connectivity index is 1.86. The molecule has 0 radical (unpaired) electrons. The highest BCUT2D eigenvalue weighted by Crippen LogP contribution is 2.17. The van der Waals surface area contributed by atoms with Gasteiger partial charge in [-0.3, -0.25) is 5.43 Å². The van der Waals surface area contributed by atoms with E-state index in [-0.39, 0.29) is 0 Å². The molecule has 1 saturated carbocycles. The first-order valence-corrected chi connectivity index (χ1v) is 8.78. The van der Waals surface area contributed by atoms with Gasteiger partial charge in [-0.15, -0.1) is 0 Å². The zero-order valence-corrected chi connectivity index (χ0v) is 15.2. The second-order valence-electron chi connectivity index (χ2n) is 6.15. The van der Waals surface area contributed by atoms with Crippen molar-refractivity contribution in [3.8, 4) is 0 Å². The largest absolute Gasteiger partial charge is 0.383 e. The Morgan fingerprint density at radius 2 is 2.13 bits per heavy atom. The Bertz CT molecular complexity index is 547. The van der Waals surface area contributed by atoms with Crippen LogP contribution in [-0.2, 0) is 11.3 Å². The summed E-state index contributed by atoms with van der Waals surface area (Å²) in [5.41, 5.74) is 6.44. The van der Waals surface area contributed by atoms with Crippen molar-refractivity contribution in [1.82, 2.24) is 15.3 Å². The van der Waals surface area contributed by atoms with Crippen molar-refractivity contribution in [2.24, 2.45) is 5.10 Å². The first kappa shape index (κ1) is 17.9. The van der Waals surface area contributed by atoms with Gasteiger partial charge in [0.05, 0.1) is 12.8 Å². The standard InChI is InChI=1S/C17H28N4OS/c1-13-11-15(14(2)21(13)9-10-22-3)12-18-20-17(23)19-16-7-5-4-6-8-16/h11-12,16H,4-10H2,1-3H3,(H2,19,20,23). The molecule has 1 aliphatic rings. The summed E-state index contributed by atoms with van der Waals surface area (Å²) in [7, 11) is 1.72. The predicted molar refractivity (Wildman–Crippen MR) is 99.1 cm³/mol. The minimum atomic E-state index is 0.498. The smallest absolute Gasteiger partial charge is 0.187 e. The Morgan fingerprint density at radius 3 is 2.83 bits per heavy atom. The van der Waals surface area contributed by atoms with Crippen LogP contribution in [0, 0.1) is 13.8 Å². The van der Waals surface area contributed by atoms with Gasteiger partial charge in [-0.2, -0.15) is 5.10 Å². The molecule has 1 aliphatic carbocycles. The molecule has 0 spiro atoms. The van der Waals surface area contributed by atoms with Crippen molar-refractivity contribution >= 4 is 23.5 Å². The number of aryl methyl sites for hydroxylation is 1. The van der Waals surface area contributed by atoms with Crippen molar-refractivity contribution in [3.05, 3.63) is 23.0 Å². The van der Waals surface area contributed by atoms with E-state index in [9.17, 15) is 0 Å². The average molecular weight is 337 g/mol. The zero-order chi connectivity index (χ0) is 16.7. The quantitative estimate of drug-likeness (QED) is 0.476. The zero-order valence-electron chi connectivity index (χ0n) is 14.4. The molecule has 0 aromatic carbocycles. The van der Waals surface area contributed by atoms with Crippen LogP contribution in [0.1, 0.15) is 49.1 Å². The van der Waals surface area contributed by atoms with Gasteiger partial charge in [0.15, 0.2) is 5.11 Å². The topological polar surface area (TPSA) is 50.6 Å². The molecule has 2 N–H and O–H groups in total. The molecule has 0 bridgehead atoms. The summed E-state index contributed by atoms with van der Waals surface area (Å²) in [5.74, 6) is 0. The summed E-state index contributed by atoms with van der Waals surface area (Å²) in [6.45, 7) is 5.77. The lowest BCUT2D eigenvalue weighted by atomic mass is 9.96. The van der Waals surface area contributed by atoms with Gasteiger partial charge in [0.1, 0.15) is 0 Å². The minimum absolute atomic E-state index is 0.498. The third-order valence-electron chi connectivity index (χ3n) is 4.44. The van der Waals surface area contributed by atoms with Crippen molar-refractivity contribution in [1.29, 1.82) is 0 Å².